The molecule has 14 nitrogen and oxygen atoms in total. The van der Waals surface area contributed by atoms with Crippen LogP contribution in [0.3, 0.4) is 0 Å². The molecule has 0 aliphatic carbocycles. The van der Waals surface area contributed by atoms with Crippen LogP contribution in [0, 0.1) is 0 Å². The molecule has 1 aliphatic rings. The van der Waals surface area contributed by atoms with Gasteiger partial charge in [-0.05, 0) is 6.42 Å². The lowest BCUT2D eigenvalue weighted by atomic mass is 10.2. The summed E-state index contributed by atoms with van der Waals surface area (Å²) in [4.78, 5) is 72.0. The molecule has 1 amide bonds. The average Bonchev–Trinajstić information content (AvgIpc) is 3.21. The van der Waals surface area contributed by atoms with Crippen molar-refractivity contribution in [3.63, 3.8) is 0 Å². The van der Waals surface area contributed by atoms with Crippen LogP contribution >= 0.6 is 15.2 Å². The summed E-state index contributed by atoms with van der Waals surface area (Å²) in [6, 6.07) is -0.569. The Hall–Kier alpha value is -1.92. The highest BCUT2D eigenvalue weighted by Gasteiger charge is 2.39. The first kappa shape index (κ1) is 22.8. The zero-order valence-electron chi connectivity index (χ0n) is 15.6. The van der Waals surface area contributed by atoms with Crippen molar-refractivity contribution in [3.05, 3.63) is 23.0 Å². The van der Waals surface area contributed by atoms with Gasteiger partial charge in [0, 0.05) is 19.7 Å². The van der Waals surface area contributed by atoms with Crippen LogP contribution in [0.4, 0.5) is 0 Å². The largest absolute Gasteiger partial charge is 0.374 e. The van der Waals surface area contributed by atoms with E-state index in [0.717, 1.165) is 0 Å². The van der Waals surface area contributed by atoms with E-state index in [0.29, 0.717) is 0 Å². The second-order valence-electron chi connectivity index (χ2n) is 6.90. The van der Waals surface area contributed by atoms with Gasteiger partial charge in [-0.3, -0.25) is 18.7 Å². The monoisotopic (exact) mass is 465 g/mol. The molecule has 166 valence electrons. The van der Waals surface area contributed by atoms with Crippen LogP contribution in [0.15, 0.2) is 17.4 Å². The number of aromatic amines is 1. The highest BCUT2D eigenvalue weighted by atomic mass is 31.2. The molecule has 1 aliphatic heterocycles. The molecule has 2 aromatic heterocycles. The highest BCUT2D eigenvalue weighted by molar-refractivity contribution is 7.52. The number of hydrogen-bond donors (Lipinski definition) is 5. The lowest BCUT2D eigenvalue weighted by Gasteiger charge is -2.20. The Morgan fingerprint density at radius 3 is 2.60 bits per heavy atom. The van der Waals surface area contributed by atoms with Crippen LogP contribution < -0.4 is 5.56 Å². The fraction of sp³-hybridized carbons (Fsp3) is 0.571. The molecule has 0 aromatic carbocycles. The molecule has 0 unspecified atom stereocenters. The first-order valence-corrected chi connectivity index (χ1v) is 12.4. The minimum absolute atomic E-state index is 0.00226. The molecular formula is C14H21N5O9P2. The number of ether oxygens (including phenoxy) is 1. The van der Waals surface area contributed by atoms with Gasteiger partial charge >= 0.3 is 15.2 Å². The Morgan fingerprint density at radius 1 is 1.20 bits per heavy atom. The number of carbonyl (C=O) groups excluding carboxylic acids is 1. The summed E-state index contributed by atoms with van der Waals surface area (Å²) in [6.45, 7) is 0.0254. The number of fused-ring (bicyclic) bond motifs is 1. The van der Waals surface area contributed by atoms with Gasteiger partial charge in [0.15, 0.2) is 11.2 Å². The molecule has 0 spiro atoms. The van der Waals surface area contributed by atoms with Crippen molar-refractivity contribution in [3.8, 4) is 0 Å². The summed E-state index contributed by atoms with van der Waals surface area (Å²) in [7, 11) is -8.73. The molecule has 3 rings (SSSR count). The maximum atomic E-state index is 12.3. The van der Waals surface area contributed by atoms with Crippen LogP contribution in [-0.4, -0.2) is 88.0 Å². The summed E-state index contributed by atoms with van der Waals surface area (Å²) in [5.41, 5.74) is -0.125. The standard InChI is InChI=1S/C14H21N5O9P2/c20-11(6-30(25,26)27)18-4-9(10(5-18)28-2-1-3-29(22,23)24)19-8-17-12-13(19)15-7-16-14(12)21/h7-10H,1-6H2,(H,15,16,21)(H2,22,23,24)(H2,25,26,27)/t9-,10+/m1/s1. The predicted octanol–water partition coefficient (Wildman–Crippen LogP) is -1.37. The molecule has 2 aromatic rings. The molecule has 2 atom stereocenters. The highest BCUT2D eigenvalue weighted by Crippen LogP contribution is 2.37. The minimum Gasteiger partial charge on any atom is -0.374 e. The fourth-order valence-electron chi connectivity index (χ4n) is 3.28. The molecule has 1 saturated heterocycles. The molecule has 3 heterocycles. The summed E-state index contributed by atoms with van der Waals surface area (Å²) < 4.78 is 29.5. The Bertz CT molecular complexity index is 1070. The van der Waals surface area contributed by atoms with Gasteiger partial charge in [0.05, 0.1) is 31.0 Å². The Labute approximate surface area is 169 Å². The van der Waals surface area contributed by atoms with E-state index in [1.165, 1.54) is 17.6 Å². The Balaban J connectivity index is 1.81. The van der Waals surface area contributed by atoms with Crippen LogP contribution in [0.2, 0.25) is 0 Å². The number of nitrogens with zero attached hydrogens (tertiary/aromatic N) is 4. The van der Waals surface area contributed by atoms with Gasteiger partial charge in [-0.1, -0.05) is 0 Å². The van der Waals surface area contributed by atoms with Crippen molar-refractivity contribution in [2.75, 3.05) is 32.0 Å². The van der Waals surface area contributed by atoms with Gasteiger partial charge in [-0.25, -0.2) is 9.97 Å². The molecule has 30 heavy (non-hydrogen) atoms. The first-order valence-electron chi connectivity index (χ1n) is 8.83. The number of amides is 1. The maximum Gasteiger partial charge on any atom is 0.334 e. The van der Waals surface area contributed by atoms with Crippen LogP contribution in [0.25, 0.3) is 11.2 Å². The molecule has 16 heteroatoms. The zero-order chi connectivity index (χ0) is 22.1. The quantitative estimate of drug-likeness (QED) is 0.227. The number of nitrogens with one attached hydrogen (secondary N) is 1. The number of aromatic nitrogens is 4. The number of hydrogen-bond acceptors (Lipinski definition) is 7. The minimum atomic E-state index is -4.56. The number of imidazole rings is 1. The number of carbonyl (C=O) groups is 1. The summed E-state index contributed by atoms with van der Waals surface area (Å²) in [6.07, 6.45) is 0.655. The van der Waals surface area contributed by atoms with Crippen molar-refractivity contribution >= 4 is 32.3 Å². The van der Waals surface area contributed by atoms with Gasteiger partial charge in [-0.15, -0.1) is 0 Å². The van der Waals surface area contributed by atoms with E-state index in [9.17, 15) is 18.7 Å². The van der Waals surface area contributed by atoms with Gasteiger partial charge in [0.1, 0.15) is 6.16 Å². The molecule has 1 fully saturated rings. The van der Waals surface area contributed by atoms with Crippen molar-refractivity contribution in [2.24, 2.45) is 0 Å². The van der Waals surface area contributed by atoms with E-state index >= 15 is 0 Å². The van der Waals surface area contributed by atoms with E-state index in [1.807, 2.05) is 0 Å². The maximum absolute atomic E-state index is 12.3. The summed E-state index contributed by atoms with van der Waals surface area (Å²) in [5, 5.41) is 0. The van der Waals surface area contributed by atoms with Crippen molar-refractivity contribution < 1.29 is 38.2 Å². The van der Waals surface area contributed by atoms with Gasteiger partial charge < -0.3 is 38.8 Å². The second-order valence-corrected chi connectivity index (χ2v) is 10.3. The smallest absolute Gasteiger partial charge is 0.334 e. The topological polar surface area (TPSA) is 208 Å². The molecule has 0 radical (unpaired) electrons. The number of likely N-dealkylation sites (tertiary alicyclic amines) is 1. The number of H-pyrrole nitrogens is 1. The molecular weight excluding hydrogens is 444 g/mol. The Kier molecular flexibility index (Phi) is 6.58. The van der Waals surface area contributed by atoms with Gasteiger partial charge in [0.2, 0.25) is 5.91 Å². The normalized spacial score (nSPS) is 20.2. The third kappa shape index (κ3) is 5.61. The Morgan fingerprint density at radius 2 is 1.93 bits per heavy atom. The predicted molar refractivity (Wildman–Crippen MR) is 102 cm³/mol. The molecule has 0 saturated carbocycles. The van der Waals surface area contributed by atoms with Crippen LogP contribution in [0.1, 0.15) is 12.5 Å². The van der Waals surface area contributed by atoms with Crippen molar-refractivity contribution in [1.29, 1.82) is 0 Å². The molecule has 0 bridgehead atoms. The molecule has 5 N–H and O–H groups in total. The third-order valence-electron chi connectivity index (χ3n) is 4.58. The third-order valence-corrected chi connectivity index (χ3v) is 6.16. The SMILES string of the molecule is O=C(CP(=O)(O)O)N1C[C@H](OCCCP(=O)(O)O)[C@H](n2cnc3c(=O)[nH]cnc32)C1. The van der Waals surface area contributed by atoms with E-state index < -0.39 is 45.0 Å². The second kappa shape index (κ2) is 8.67. The van der Waals surface area contributed by atoms with Crippen LogP contribution in [0.5, 0.6) is 0 Å². The lowest BCUT2D eigenvalue weighted by Crippen LogP contribution is -2.32. The van der Waals surface area contributed by atoms with Crippen molar-refractivity contribution in [1.82, 2.24) is 24.4 Å². The summed E-state index contributed by atoms with van der Waals surface area (Å²) in [5.74, 6) is -0.759. The summed E-state index contributed by atoms with van der Waals surface area (Å²) >= 11 is 0. The average molecular weight is 465 g/mol. The van der Waals surface area contributed by atoms with E-state index in [2.05, 4.69) is 15.0 Å². The van der Waals surface area contributed by atoms with Gasteiger partial charge in [0.25, 0.3) is 5.56 Å². The van der Waals surface area contributed by atoms with Crippen LogP contribution in [-0.2, 0) is 18.7 Å². The van der Waals surface area contributed by atoms with E-state index in [-0.39, 0.29) is 43.4 Å². The fourth-order valence-corrected chi connectivity index (χ4v) is 4.37. The van der Waals surface area contributed by atoms with Crippen molar-refractivity contribution in [2.45, 2.75) is 18.6 Å². The first-order chi connectivity index (χ1) is 13.9. The number of rotatable bonds is 8. The van der Waals surface area contributed by atoms with E-state index in [4.69, 9.17) is 24.3 Å². The zero-order valence-corrected chi connectivity index (χ0v) is 17.4. The lowest BCUT2D eigenvalue weighted by molar-refractivity contribution is -0.128. The van der Waals surface area contributed by atoms with E-state index in [1.54, 1.807) is 4.57 Å². The van der Waals surface area contributed by atoms with Gasteiger partial charge in [-0.2, -0.15) is 0 Å².